The van der Waals surface area contributed by atoms with E-state index >= 15 is 0 Å². The van der Waals surface area contributed by atoms with Crippen LogP contribution in [0.4, 0.5) is 0 Å². The van der Waals surface area contributed by atoms with Gasteiger partial charge >= 0.3 is 0 Å². The van der Waals surface area contributed by atoms with Crippen molar-refractivity contribution in [2.75, 3.05) is 26.7 Å². The fraction of sp³-hybridized carbons (Fsp3) is 0.476. The molecule has 0 amide bonds. The largest absolute Gasteiger partial charge is 0.497 e. The predicted octanol–water partition coefficient (Wildman–Crippen LogP) is 3.62. The van der Waals surface area contributed by atoms with Crippen LogP contribution < -0.4 is 4.74 Å². The summed E-state index contributed by atoms with van der Waals surface area (Å²) in [6.45, 7) is 1.86. The summed E-state index contributed by atoms with van der Waals surface area (Å²) in [6, 6.07) is 11.6. The van der Waals surface area contributed by atoms with Gasteiger partial charge in [0.15, 0.2) is 0 Å². The fourth-order valence-corrected chi connectivity index (χ4v) is 6.06. The molecule has 0 aliphatic carbocycles. The Morgan fingerprint density at radius 3 is 2.54 bits per heavy atom. The fourth-order valence-electron chi connectivity index (χ4n) is 4.14. The minimum Gasteiger partial charge on any atom is -0.497 e. The van der Waals surface area contributed by atoms with Gasteiger partial charge in [0.25, 0.3) is 10.2 Å². The van der Waals surface area contributed by atoms with E-state index < -0.39 is 10.2 Å². The molecule has 6 nitrogen and oxygen atoms in total. The second-order valence-electron chi connectivity index (χ2n) is 7.44. The van der Waals surface area contributed by atoms with E-state index in [-0.39, 0.29) is 6.04 Å². The number of benzene rings is 1. The molecule has 4 rings (SSSR count). The standard InChI is InChI=1S/C21H27N3O3S/c1-27-19-8-6-7-17(15-19)20-11-10-18(16-22-20)21-9-2-3-14-24(21)28(25,26)23-12-4-5-13-23/h6-8,10-11,15-16,21H,2-5,9,12-14H2,1H3. The molecule has 1 unspecified atom stereocenters. The van der Waals surface area contributed by atoms with Crippen LogP contribution in [0.2, 0.25) is 0 Å². The molecule has 7 heteroatoms. The number of piperidine rings is 1. The van der Waals surface area contributed by atoms with Gasteiger partial charge in [-0.2, -0.15) is 17.0 Å². The molecule has 28 heavy (non-hydrogen) atoms. The van der Waals surface area contributed by atoms with E-state index in [0.717, 1.165) is 54.7 Å². The third-order valence-corrected chi connectivity index (χ3v) is 7.73. The monoisotopic (exact) mass is 401 g/mol. The molecule has 1 atom stereocenters. The van der Waals surface area contributed by atoms with E-state index in [1.165, 1.54) is 0 Å². The zero-order valence-corrected chi connectivity index (χ0v) is 17.1. The molecule has 1 aromatic heterocycles. The average Bonchev–Trinajstić information content (AvgIpc) is 3.30. The minimum absolute atomic E-state index is 0.133. The third-order valence-electron chi connectivity index (χ3n) is 5.68. The van der Waals surface area contributed by atoms with Crippen LogP contribution in [-0.2, 0) is 10.2 Å². The first-order valence-electron chi connectivity index (χ1n) is 9.97. The lowest BCUT2D eigenvalue weighted by atomic mass is 9.98. The van der Waals surface area contributed by atoms with Crippen molar-refractivity contribution in [2.24, 2.45) is 0 Å². The third kappa shape index (κ3) is 3.79. The zero-order chi connectivity index (χ0) is 19.6. The van der Waals surface area contributed by atoms with Crippen molar-refractivity contribution < 1.29 is 13.2 Å². The lowest BCUT2D eigenvalue weighted by Gasteiger charge is -2.37. The van der Waals surface area contributed by atoms with Crippen LogP contribution in [0.25, 0.3) is 11.3 Å². The Hall–Kier alpha value is -1.96. The van der Waals surface area contributed by atoms with Crippen LogP contribution >= 0.6 is 0 Å². The molecule has 2 fully saturated rings. The Morgan fingerprint density at radius 2 is 1.82 bits per heavy atom. The van der Waals surface area contributed by atoms with Crippen molar-refractivity contribution >= 4 is 10.2 Å². The summed E-state index contributed by atoms with van der Waals surface area (Å²) < 4.78 is 34.9. The molecule has 2 saturated heterocycles. The van der Waals surface area contributed by atoms with E-state index in [1.807, 2.05) is 42.6 Å². The molecule has 0 N–H and O–H groups in total. The first-order valence-corrected chi connectivity index (χ1v) is 11.4. The van der Waals surface area contributed by atoms with Gasteiger partial charge in [-0.3, -0.25) is 4.98 Å². The predicted molar refractivity (Wildman–Crippen MR) is 109 cm³/mol. The van der Waals surface area contributed by atoms with Crippen LogP contribution in [0, 0.1) is 0 Å². The summed E-state index contributed by atoms with van der Waals surface area (Å²) in [6.07, 6.45) is 6.53. The number of pyridine rings is 1. The Labute approximate surface area is 167 Å². The number of hydrogen-bond donors (Lipinski definition) is 0. The average molecular weight is 402 g/mol. The molecular formula is C21H27N3O3S. The molecule has 150 valence electrons. The summed E-state index contributed by atoms with van der Waals surface area (Å²) in [7, 11) is -1.76. The van der Waals surface area contributed by atoms with E-state index in [0.29, 0.717) is 19.6 Å². The van der Waals surface area contributed by atoms with E-state index in [1.54, 1.807) is 15.7 Å². The van der Waals surface area contributed by atoms with Gasteiger partial charge in [-0.05, 0) is 49.4 Å². The number of hydrogen-bond acceptors (Lipinski definition) is 4. The molecular weight excluding hydrogens is 374 g/mol. The summed E-state index contributed by atoms with van der Waals surface area (Å²) in [5.74, 6) is 0.790. The highest BCUT2D eigenvalue weighted by atomic mass is 32.2. The van der Waals surface area contributed by atoms with Crippen LogP contribution in [0.5, 0.6) is 5.75 Å². The lowest BCUT2D eigenvalue weighted by molar-refractivity contribution is 0.238. The smallest absolute Gasteiger partial charge is 0.282 e. The molecule has 2 aliphatic heterocycles. The molecule has 0 saturated carbocycles. The number of methoxy groups -OCH3 is 1. The maximum atomic E-state index is 13.1. The summed E-state index contributed by atoms with van der Waals surface area (Å²) >= 11 is 0. The first kappa shape index (κ1) is 19.4. The molecule has 2 aliphatic rings. The first-order chi connectivity index (χ1) is 13.6. The number of nitrogens with zero attached hydrogens (tertiary/aromatic N) is 3. The summed E-state index contributed by atoms with van der Waals surface area (Å²) in [4.78, 5) is 4.62. The van der Waals surface area contributed by atoms with E-state index in [9.17, 15) is 8.42 Å². The number of ether oxygens (including phenoxy) is 1. The maximum absolute atomic E-state index is 13.1. The highest BCUT2D eigenvalue weighted by Crippen LogP contribution is 2.35. The van der Waals surface area contributed by atoms with Gasteiger partial charge in [0.2, 0.25) is 0 Å². The summed E-state index contributed by atoms with van der Waals surface area (Å²) in [5.41, 5.74) is 2.80. The van der Waals surface area contributed by atoms with Gasteiger partial charge in [-0.1, -0.05) is 24.6 Å². The van der Waals surface area contributed by atoms with E-state index in [2.05, 4.69) is 4.98 Å². The van der Waals surface area contributed by atoms with Crippen LogP contribution in [0.1, 0.15) is 43.7 Å². The Morgan fingerprint density at radius 1 is 1.04 bits per heavy atom. The molecule has 1 aromatic carbocycles. The number of rotatable bonds is 5. The second-order valence-corrected chi connectivity index (χ2v) is 9.33. The SMILES string of the molecule is COc1cccc(-c2ccc(C3CCCCN3S(=O)(=O)N3CCCC3)cn2)c1. The quantitative estimate of drug-likeness (QED) is 0.768. The number of aromatic nitrogens is 1. The van der Waals surface area contributed by atoms with Gasteiger partial charge < -0.3 is 4.74 Å². The van der Waals surface area contributed by atoms with Crippen molar-refractivity contribution in [3.8, 4) is 17.0 Å². The highest BCUT2D eigenvalue weighted by molar-refractivity contribution is 7.86. The van der Waals surface area contributed by atoms with Gasteiger partial charge in [0.05, 0.1) is 18.8 Å². The van der Waals surface area contributed by atoms with Crippen molar-refractivity contribution in [1.82, 2.24) is 13.6 Å². The normalized spacial score (nSPS) is 21.7. The van der Waals surface area contributed by atoms with Crippen LogP contribution in [-0.4, -0.2) is 48.8 Å². The van der Waals surface area contributed by atoms with Gasteiger partial charge in [-0.25, -0.2) is 0 Å². The molecule has 0 bridgehead atoms. The lowest BCUT2D eigenvalue weighted by Crippen LogP contribution is -2.46. The topological polar surface area (TPSA) is 62.7 Å². The van der Waals surface area contributed by atoms with Crippen molar-refractivity contribution in [1.29, 1.82) is 0 Å². The zero-order valence-electron chi connectivity index (χ0n) is 16.3. The Balaban J connectivity index is 1.59. The van der Waals surface area contributed by atoms with Crippen molar-refractivity contribution in [3.63, 3.8) is 0 Å². The van der Waals surface area contributed by atoms with Gasteiger partial charge in [0.1, 0.15) is 5.75 Å². The Bertz CT molecular complexity index is 909. The minimum atomic E-state index is -3.41. The van der Waals surface area contributed by atoms with Crippen molar-refractivity contribution in [2.45, 2.75) is 38.1 Å². The summed E-state index contributed by atoms with van der Waals surface area (Å²) in [5, 5.41) is 0. The molecule has 3 heterocycles. The van der Waals surface area contributed by atoms with Crippen LogP contribution in [0.15, 0.2) is 42.6 Å². The van der Waals surface area contributed by atoms with Crippen molar-refractivity contribution in [3.05, 3.63) is 48.2 Å². The molecule has 0 spiro atoms. The molecule has 0 radical (unpaired) electrons. The highest BCUT2D eigenvalue weighted by Gasteiger charge is 2.38. The van der Waals surface area contributed by atoms with E-state index in [4.69, 9.17) is 4.74 Å². The van der Waals surface area contributed by atoms with Crippen LogP contribution in [0.3, 0.4) is 0 Å². The molecule has 2 aromatic rings. The van der Waals surface area contributed by atoms with Gasteiger partial charge in [0, 0.05) is 31.4 Å². The Kier molecular flexibility index (Phi) is 5.66. The maximum Gasteiger partial charge on any atom is 0.282 e. The second kappa shape index (κ2) is 8.19. The van der Waals surface area contributed by atoms with Gasteiger partial charge in [-0.15, -0.1) is 0 Å².